The SMILES string of the molecule is O=C1NCCN(S(=O)(=O)c2ccc3[nH]c(=O)[nH]c3c2)C1c1cccc(Cl)c1. The molecule has 27 heavy (non-hydrogen) atoms. The fourth-order valence-corrected chi connectivity index (χ4v) is 5.01. The van der Waals surface area contributed by atoms with Crippen molar-refractivity contribution in [1.82, 2.24) is 19.6 Å². The summed E-state index contributed by atoms with van der Waals surface area (Å²) in [6.07, 6.45) is 0. The Labute approximate surface area is 159 Å². The van der Waals surface area contributed by atoms with Crippen LogP contribution in [0.2, 0.25) is 5.02 Å². The van der Waals surface area contributed by atoms with Crippen LogP contribution in [0, 0.1) is 0 Å². The number of imidazole rings is 1. The van der Waals surface area contributed by atoms with Crippen LogP contribution in [0.4, 0.5) is 0 Å². The minimum absolute atomic E-state index is 0.00743. The molecule has 0 bridgehead atoms. The summed E-state index contributed by atoms with van der Waals surface area (Å²) >= 11 is 6.02. The van der Waals surface area contributed by atoms with Gasteiger partial charge >= 0.3 is 5.69 Å². The second-order valence-corrected chi connectivity index (χ2v) is 8.48. The summed E-state index contributed by atoms with van der Waals surface area (Å²) in [6.45, 7) is 0.325. The Hall–Kier alpha value is -2.62. The summed E-state index contributed by atoms with van der Waals surface area (Å²) in [6, 6.07) is 9.83. The van der Waals surface area contributed by atoms with E-state index in [1.165, 1.54) is 18.2 Å². The highest BCUT2D eigenvalue weighted by Crippen LogP contribution is 2.31. The van der Waals surface area contributed by atoms with E-state index in [0.717, 1.165) is 4.31 Å². The third-order valence-corrected chi connectivity index (χ3v) is 6.52. The molecule has 1 aromatic heterocycles. The van der Waals surface area contributed by atoms with E-state index in [1.54, 1.807) is 24.3 Å². The van der Waals surface area contributed by atoms with Crippen LogP contribution in [-0.2, 0) is 14.8 Å². The molecule has 2 heterocycles. The highest BCUT2D eigenvalue weighted by Gasteiger charge is 2.39. The minimum atomic E-state index is -3.99. The summed E-state index contributed by atoms with van der Waals surface area (Å²) in [5.74, 6) is -0.414. The Kier molecular flexibility index (Phi) is 4.29. The van der Waals surface area contributed by atoms with Gasteiger partial charge in [-0.05, 0) is 35.9 Å². The van der Waals surface area contributed by atoms with Gasteiger partial charge in [0.2, 0.25) is 15.9 Å². The van der Waals surface area contributed by atoms with Crippen LogP contribution in [0.1, 0.15) is 11.6 Å². The Morgan fingerprint density at radius 3 is 2.59 bits per heavy atom. The number of aromatic amines is 2. The fraction of sp³-hybridized carbons (Fsp3) is 0.176. The summed E-state index contributed by atoms with van der Waals surface area (Å²) < 4.78 is 27.7. The van der Waals surface area contributed by atoms with Gasteiger partial charge in [-0.1, -0.05) is 23.7 Å². The number of H-pyrrole nitrogens is 2. The van der Waals surface area contributed by atoms with E-state index in [1.807, 2.05) is 0 Å². The van der Waals surface area contributed by atoms with Crippen molar-refractivity contribution >= 4 is 38.6 Å². The van der Waals surface area contributed by atoms with Gasteiger partial charge < -0.3 is 15.3 Å². The van der Waals surface area contributed by atoms with Gasteiger partial charge in [-0.15, -0.1) is 0 Å². The van der Waals surface area contributed by atoms with E-state index < -0.39 is 27.7 Å². The third kappa shape index (κ3) is 3.14. The zero-order chi connectivity index (χ0) is 19.2. The molecule has 8 nitrogen and oxygen atoms in total. The number of benzene rings is 2. The molecule has 1 aliphatic heterocycles. The summed E-state index contributed by atoms with van der Waals surface area (Å²) in [7, 11) is -3.99. The number of aromatic nitrogens is 2. The molecule has 2 aromatic carbocycles. The second kappa shape index (κ2) is 6.52. The van der Waals surface area contributed by atoms with Crippen LogP contribution in [0.25, 0.3) is 11.0 Å². The number of fused-ring (bicyclic) bond motifs is 1. The smallest absolute Gasteiger partial charge is 0.323 e. The number of piperazine rings is 1. The van der Waals surface area contributed by atoms with Crippen molar-refractivity contribution in [2.45, 2.75) is 10.9 Å². The number of hydrogen-bond acceptors (Lipinski definition) is 4. The summed E-state index contributed by atoms with van der Waals surface area (Å²) in [4.78, 5) is 29.0. The maximum atomic E-state index is 13.3. The molecule has 0 aliphatic carbocycles. The molecule has 1 unspecified atom stereocenters. The molecule has 140 valence electrons. The predicted molar refractivity (Wildman–Crippen MR) is 100 cm³/mol. The lowest BCUT2D eigenvalue weighted by Crippen LogP contribution is -2.52. The number of rotatable bonds is 3. The van der Waals surface area contributed by atoms with Crippen molar-refractivity contribution in [3.8, 4) is 0 Å². The van der Waals surface area contributed by atoms with Crippen molar-refractivity contribution in [3.05, 3.63) is 63.5 Å². The zero-order valence-electron chi connectivity index (χ0n) is 13.9. The number of carbonyl (C=O) groups excluding carboxylic acids is 1. The largest absolute Gasteiger partial charge is 0.353 e. The number of amides is 1. The average molecular weight is 407 g/mol. The molecule has 3 aromatic rings. The molecule has 4 rings (SSSR count). The fourth-order valence-electron chi connectivity index (χ4n) is 3.21. The van der Waals surface area contributed by atoms with E-state index in [4.69, 9.17) is 11.6 Å². The van der Waals surface area contributed by atoms with Gasteiger partial charge in [0, 0.05) is 18.1 Å². The van der Waals surface area contributed by atoms with Crippen LogP contribution in [0.3, 0.4) is 0 Å². The van der Waals surface area contributed by atoms with Crippen molar-refractivity contribution in [2.75, 3.05) is 13.1 Å². The molecule has 1 amide bonds. The van der Waals surface area contributed by atoms with Crippen LogP contribution in [-0.4, -0.2) is 41.7 Å². The van der Waals surface area contributed by atoms with Gasteiger partial charge in [-0.3, -0.25) is 4.79 Å². The normalized spacial score (nSPS) is 18.6. The van der Waals surface area contributed by atoms with E-state index in [-0.39, 0.29) is 18.0 Å². The molecule has 1 saturated heterocycles. The molecule has 10 heteroatoms. The summed E-state index contributed by atoms with van der Waals surface area (Å²) in [5.41, 5.74) is 0.941. The van der Waals surface area contributed by atoms with Gasteiger partial charge in [0.25, 0.3) is 0 Å². The maximum Gasteiger partial charge on any atom is 0.323 e. The van der Waals surface area contributed by atoms with Gasteiger partial charge in [0.1, 0.15) is 6.04 Å². The molecule has 1 fully saturated rings. The van der Waals surface area contributed by atoms with Crippen LogP contribution in [0.5, 0.6) is 0 Å². The first-order chi connectivity index (χ1) is 12.9. The number of nitrogens with zero attached hydrogens (tertiary/aromatic N) is 1. The Bertz CT molecular complexity index is 1200. The number of sulfonamides is 1. The van der Waals surface area contributed by atoms with E-state index in [2.05, 4.69) is 15.3 Å². The zero-order valence-corrected chi connectivity index (χ0v) is 15.5. The molecule has 1 atom stereocenters. The number of carbonyl (C=O) groups is 1. The summed E-state index contributed by atoms with van der Waals surface area (Å²) in [5, 5.41) is 3.11. The van der Waals surface area contributed by atoms with Crippen molar-refractivity contribution in [2.24, 2.45) is 0 Å². The van der Waals surface area contributed by atoms with E-state index in [0.29, 0.717) is 21.6 Å². The monoisotopic (exact) mass is 406 g/mol. The quantitative estimate of drug-likeness (QED) is 0.609. The second-order valence-electron chi connectivity index (χ2n) is 6.15. The molecular weight excluding hydrogens is 392 g/mol. The van der Waals surface area contributed by atoms with Gasteiger partial charge in [-0.2, -0.15) is 4.31 Å². The number of halogens is 1. The lowest BCUT2D eigenvalue weighted by atomic mass is 10.0. The predicted octanol–water partition coefficient (Wildman–Crippen LogP) is 1.37. The Morgan fingerprint density at radius 1 is 1.04 bits per heavy atom. The van der Waals surface area contributed by atoms with E-state index >= 15 is 0 Å². The number of nitrogens with one attached hydrogen (secondary N) is 3. The molecule has 0 spiro atoms. The van der Waals surface area contributed by atoms with Crippen molar-refractivity contribution < 1.29 is 13.2 Å². The maximum absolute atomic E-state index is 13.3. The molecule has 0 saturated carbocycles. The standard InChI is InChI=1S/C17H15ClN4O4S/c18-11-3-1-2-10(8-11)15-16(23)19-6-7-22(15)27(25,26)12-4-5-13-14(9-12)21-17(24)20-13/h1-5,8-9,15H,6-7H2,(H,19,23)(H2,20,21,24). The van der Waals surface area contributed by atoms with Crippen molar-refractivity contribution in [1.29, 1.82) is 0 Å². The number of hydrogen-bond donors (Lipinski definition) is 3. The highest BCUT2D eigenvalue weighted by atomic mass is 35.5. The third-order valence-electron chi connectivity index (χ3n) is 4.43. The van der Waals surface area contributed by atoms with Crippen LogP contribution < -0.4 is 11.0 Å². The van der Waals surface area contributed by atoms with Crippen molar-refractivity contribution in [3.63, 3.8) is 0 Å². The topological polar surface area (TPSA) is 115 Å². The first-order valence-electron chi connectivity index (χ1n) is 8.13. The Morgan fingerprint density at radius 2 is 1.81 bits per heavy atom. The van der Waals surface area contributed by atoms with Crippen LogP contribution >= 0.6 is 11.6 Å². The average Bonchev–Trinajstić information content (AvgIpc) is 3.00. The first-order valence-corrected chi connectivity index (χ1v) is 9.95. The molecule has 0 radical (unpaired) electrons. The minimum Gasteiger partial charge on any atom is -0.353 e. The van der Waals surface area contributed by atoms with Gasteiger partial charge in [0.15, 0.2) is 0 Å². The van der Waals surface area contributed by atoms with Gasteiger partial charge in [-0.25, -0.2) is 13.2 Å². The lowest BCUT2D eigenvalue weighted by Gasteiger charge is -2.34. The molecule has 1 aliphatic rings. The molecule has 3 N–H and O–H groups in total. The highest BCUT2D eigenvalue weighted by molar-refractivity contribution is 7.89. The van der Waals surface area contributed by atoms with Crippen LogP contribution in [0.15, 0.2) is 52.2 Å². The Balaban J connectivity index is 1.81. The molecular formula is C17H15ClN4O4S. The van der Waals surface area contributed by atoms with E-state index in [9.17, 15) is 18.0 Å². The first kappa shape index (κ1) is 17.8. The van der Waals surface area contributed by atoms with Gasteiger partial charge in [0.05, 0.1) is 15.9 Å². The lowest BCUT2D eigenvalue weighted by molar-refractivity contribution is -0.126.